The summed E-state index contributed by atoms with van der Waals surface area (Å²) in [6.07, 6.45) is 0. The molecule has 1 aromatic carbocycles. The van der Waals surface area contributed by atoms with E-state index >= 15 is 0 Å². The minimum Gasteiger partial charge on any atom is -0.494 e. The summed E-state index contributed by atoms with van der Waals surface area (Å²) in [5.41, 5.74) is 0.982. The summed E-state index contributed by atoms with van der Waals surface area (Å²) < 4.78 is 7.48. The first kappa shape index (κ1) is 13.3. The molecule has 1 aliphatic rings. The molecule has 0 unspecified atom stereocenters. The van der Waals surface area contributed by atoms with E-state index in [1.54, 1.807) is 6.07 Å². The van der Waals surface area contributed by atoms with Crippen LogP contribution < -0.4 is 9.64 Å². The number of hydrogen-bond acceptors (Lipinski definition) is 5. The minimum atomic E-state index is -0.408. The lowest BCUT2D eigenvalue weighted by molar-refractivity contribution is -0.384. The van der Waals surface area contributed by atoms with Crippen LogP contribution in [0.4, 0.5) is 11.4 Å². The van der Waals surface area contributed by atoms with E-state index in [1.165, 1.54) is 19.2 Å². The maximum absolute atomic E-state index is 10.7. The molecule has 0 radical (unpaired) electrons. The summed E-state index contributed by atoms with van der Waals surface area (Å²) >= 11 is 2.30. The van der Waals surface area contributed by atoms with Crippen LogP contribution in [0, 0.1) is 10.1 Å². The standard InChI is InChI=1S/C11H14IN3O3/c1-18-11-8-9(15(16)17)2-3-10(11)13-4-6-14(12)7-5-13/h2-3,8H,4-7H2,1H3. The molecule has 0 amide bonds. The molecule has 0 aromatic heterocycles. The van der Waals surface area contributed by atoms with Gasteiger partial charge in [0.05, 0.1) is 23.8 Å². The van der Waals surface area contributed by atoms with Crippen LogP contribution >= 0.6 is 22.9 Å². The van der Waals surface area contributed by atoms with Crippen molar-refractivity contribution in [3.63, 3.8) is 0 Å². The summed E-state index contributed by atoms with van der Waals surface area (Å²) in [5.74, 6) is 0.561. The first-order valence-electron chi connectivity index (χ1n) is 5.60. The lowest BCUT2D eigenvalue weighted by Crippen LogP contribution is -2.42. The predicted octanol–water partition coefficient (Wildman–Crippen LogP) is 2.08. The Balaban J connectivity index is 2.24. The van der Waals surface area contributed by atoms with Crippen LogP contribution in [-0.2, 0) is 0 Å². The third kappa shape index (κ3) is 2.83. The van der Waals surface area contributed by atoms with Crippen molar-refractivity contribution in [1.82, 2.24) is 3.11 Å². The lowest BCUT2D eigenvalue weighted by atomic mass is 10.2. The van der Waals surface area contributed by atoms with Crippen LogP contribution in [0.1, 0.15) is 0 Å². The Kier molecular flexibility index (Phi) is 4.23. The van der Waals surface area contributed by atoms with E-state index in [1.807, 2.05) is 0 Å². The first-order valence-corrected chi connectivity index (χ1v) is 6.56. The van der Waals surface area contributed by atoms with Gasteiger partial charge in [-0.05, 0) is 6.07 Å². The van der Waals surface area contributed by atoms with Gasteiger partial charge in [0.2, 0.25) is 0 Å². The zero-order chi connectivity index (χ0) is 13.1. The first-order chi connectivity index (χ1) is 8.61. The average Bonchev–Trinajstić information content (AvgIpc) is 2.39. The summed E-state index contributed by atoms with van der Waals surface area (Å²) in [7, 11) is 1.54. The fourth-order valence-corrected chi connectivity index (χ4v) is 2.40. The number of nitrogens with zero attached hydrogens (tertiary/aromatic N) is 3. The zero-order valence-electron chi connectivity index (χ0n) is 10.0. The van der Waals surface area contributed by atoms with Gasteiger partial charge in [0.25, 0.3) is 5.69 Å². The Labute approximate surface area is 119 Å². The van der Waals surface area contributed by atoms with Crippen molar-refractivity contribution < 1.29 is 9.66 Å². The third-order valence-electron chi connectivity index (χ3n) is 2.94. The van der Waals surface area contributed by atoms with Gasteiger partial charge < -0.3 is 9.64 Å². The Morgan fingerprint density at radius 1 is 1.33 bits per heavy atom. The molecule has 2 rings (SSSR count). The van der Waals surface area contributed by atoms with Crippen LogP contribution in [0.2, 0.25) is 0 Å². The molecule has 0 atom stereocenters. The molecule has 1 saturated heterocycles. The predicted molar refractivity (Wildman–Crippen MR) is 77.5 cm³/mol. The number of piperazine rings is 1. The smallest absolute Gasteiger partial charge is 0.273 e. The summed E-state index contributed by atoms with van der Waals surface area (Å²) in [4.78, 5) is 12.5. The summed E-state index contributed by atoms with van der Waals surface area (Å²) in [5, 5.41) is 10.7. The molecule has 0 bridgehead atoms. The van der Waals surface area contributed by atoms with Gasteiger partial charge in [-0.2, -0.15) is 0 Å². The number of rotatable bonds is 3. The SMILES string of the molecule is COc1cc([N+](=O)[O-])ccc1N1CCN(I)CC1. The topological polar surface area (TPSA) is 58.9 Å². The number of halogens is 1. The second kappa shape index (κ2) is 5.70. The molecule has 18 heavy (non-hydrogen) atoms. The largest absolute Gasteiger partial charge is 0.494 e. The van der Waals surface area contributed by atoms with Gasteiger partial charge in [0.1, 0.15) is 5.75 Å². The highest BCUT2D eigenvalue weighted by Gasteiger charge is 2.20. The fourth-order valence-electron chi connectivity index (χ4n) is 1.96. The normalized spacial score (nSPS) is 16.7. The Morgan fingerprint density at radius 3 is 2.56 bits per heavy atom. The Bertz CT molecular complexity index is 447. The van der Waals surface area contributed by atoms with E-state index in [0.717, 1.165) is 31.9 Å². The lowest BCUT2D eigenvalue weighted by Gasteiger charge is -2.33. The number of methoxy groups -OCH3 is 1. The molecule has 1 aromatic rings. The average molecular weight is 363 g/mol. The molecular formula is C11H14IN3O3. The second-order valence-corrected chi connectivity index (χ2v) is 5.37. The van der Waals surface area contributed by atoms with E-state index in [2.05, 4.69) is 30.9 Å². The highest BCUT2D eigenvalue weighted by Crippen LogP contribution is 2.32. The van der Waals surface area contributed by atoms with E-state index in [4.69, 9.17) is 4.74 Å². The molecule has 1 aliphatic heterocycles. The number of hydrogen-bond donors (Lipinski definition) is 0. The molecule has 0 aliphatic carbocycles. The van der Waals surface area contributed by atoms with Crippen molar-refractivity contribution in [3.8, 4) is 5.75 Å². The quantitative estimate of drug-likeness (QED) is 0.356. The molecule has 1 fully saturated rings. The van der Waals surface area contributed by atoms with Crippen LogP contribution in [0.5, 0.6) is 5.75 Å². The number of nitro groups is 1. The third-order valence-corrected chi connectivity index (χ3v) is 3.90. The van der Waals surface area contributed by atoms with Gasteiger partial charge in [-0.25, -0.2) is 3.11 Å². The summed E-state index contributed by atoms with van der Waals surface area (Å²) in [6, 6.07) is 4.76. The maximum atomic E-state index is 10.7. The van der Waals surface area contributed by atoms with Gasteiger partial charge in [-0.3, -0.25) is 10.1 Å². The molecule has 0 spiro atoms. The zero-order valence-corrected chi connectivity index (χ0v) is 12.2. The molecule has 0 saturated carbocycles. The van der Waals surface area contributed by atoms with Crippen LogP contribution in [-0.4, -0.2) is 41.3 Å². The Morgan fingerprint density at radius 2 is 2.00 bits per heavy atom. The molecular weight excluding hydrogens is 349 g/mol. The Hall–Kier alpha value is -1.09. The maximum Gasteiger partial charge on any atom is 0.273 e. The van der Waals surface area contributed by atoms with Gasteiger partial charge in [0, 0.05) is 55.1 Å². The van der Waals surface area contributed by atoms with Gasteiger partial charge in [-0.15, -0.1) is 0 Å². The number of anilines is 1. The molecule has 1 heterocycles. The summed E-state index contributed by atoms with van der Waals surface area (Å²) in [6.45, 7) is 3.75. The highest BCUT2D eigenvalue weighted by atomic mass is 127. The second-order valence-electron chi connectivity index (χ2n) is 4.01. The van der Waals surface area contributed by atoms with Crippen molar-refractivity contribution in [3.05, 3.63) is 28.3 Å². The van der Waals surface area contributed by atoms with Crippen molar-refractivity contribution in [1.29, 1.82) is 0 Å². The van der Waals surface area contributed by atoms with Crippen molar-refractivity contribution in [2.75, 3.05) is 38.2 Å². The van der Waals surface area contributed by atoms with Gasteiger partial charge in [-0.1, -0.05) is 0 Å². The van der Waals surface area contributed by atoms with Crippen LogP contribution in [0.25, 0.3) is 0 Å². The van der Waals surface area contributed by atoms with Gasteiger partial charge >= 0.3 is 0 Å². The van der Waals surface area contributed by atoms with Crippen LogP contribution in [0.15, 0.2) is 18.2 Å². The number of ether oxygens (including phenoxy) is 1. The molecule has 0 N–H and O–H groups in total. The van der Waals surface area contributed by atoms with Crippen molar-refractivity contribution >= 4 is 34.2 Å². The van der Waals surface area contributed by atoms with Crippen LogP contribution in [0.3, 0.4) is 0 Å². The number of non-ortho nitro benzene ring substituents is 1. The minimum absolute atomic E-state index is 0.0585. The van der Waals surface area contributed by atoms with E-state index in [0.29, 0.717) is 5.75 Å². The number of benzene rings is 1. The van der Waals surface area contributed by atoms with E-state index in [9.17, 15) is 10.1 Å². The molecule has 7 heteroatoms. The molecule has 98 valence electrons. The van der Waals surface area contributed by atoms with E-state index < -0.39 is 4.92 Å². The van der Waals surface area contributed by atoms with Crippen molar-refractivity contribution in [2.45, 2.75) is 0 Å². The fraction of sp³-hybridized carbons (Fsp3) is 0.455. The van der Waals surface area contributed by atoms with Crippen molar-refractivity contribution in [2.24, 2.45) is 0 Å². The monoisotopic (exact) mass is 363 g/mol. The number of nitro benzene ring substituents is 1. The molecule has 6 nitrogen and oxygen atoms in total. The highest BCUT2D eigenvalue weighted by molar-refractivity contribution is 14.1. The van der Waals surface area contributed by atoms with Gasteiger partial charge in [0.15, 0.2) is 0 Å². The van der Waals surface area contributed by atoms with E-state index in [-0.39, 0.29) is 5.69 Å².